The van der Waals surface area contributed by atoms with Crippen molar-refractivity contribution in [3.63, 3.8) is 0 Å². The summed E-state index contributed by atoms with van der Waals surface area (Å²) in [6, 6.07) is 5.19. The van der Waals surface area contributed by atoms with Gasteiger partial charge in [0.15, 0.2) is 0 Å². The number of primary amides is 1. The Labute approximate surface area is 136 Å². The van der Waals surface area contributed by atoms with Crippen LogP contribution in [-0.2, 0) is 5.41 Å². The zero-order valence-corrected chi connectivity index (χ0v) is 14.1. The third kappa shape index (κ3) is 3.67. The minimum absolute atomic E-state index is 0.185. The lowest BCUT2D eigenvalue weighted by Gasteiger charge is -2.18. The molecular formula is C14H14Cl2N2O2S. The van der Waals surface area contributed by atoms with Crippen LogP contribution in [0.5, 0.6) is 5.19 Å². The summed E-state index contributed by atoms with van der Waals surface area (Å²) in [6.07, 6.45) is -0.891. The van der Waals surface area contributed by atoms with Crippen LogP contribution in [0.3, 0.4) is 0 Å². The van der Waals surface area contributed by atoms with Crippen LogP contribution in [0, 0.1) is 0 Å². The van der Waals surface area contributed by atoms with Gasteiger partial charge in [0.05, 0.1) is 10.7 Å². The van der Waals surface area contributed by atoms with Crippen molar-refractivity contribution in [2.45, 2.75) is 26.2 Å². The van der Waals surface area contributed by atoms with Gasteiger partial charge in [-0.15, -0.1) is 0 Å². The Kier molecular flexibility index (Phi) is 4.46. The monoisotopic (exact) mass is 344 g/mol. The number of thiazole rings is 1. The van der Waals surface area contributed by atoms with Crippen LogP contribution in [0.15, 0.2) is 18.2 Å². The largest absolute Gasteiger partial charge is 0.411 e. The van der Waals surface area contributed by atoms with Gasteiger partial charge in [0.2, 0.25) is 0 Å². The van der Waals surface area contributed by atoms with E-state index in [-0.39, 0.29) is 10.6 Å². The van der Waals surface area contributed by atoms with Gasteiger partial charge in [-0.1, -0.05) is 55.3 Å². The van der Waals surface area contributed by atoms with Gasteiger partial charge in [0.1, 0.15) is 0 Å². The molecule has 7 heteroatoms. The second-order valence-corrected chi connectivity index (χ2v) is 7.26. The minimum atomic E-state index is -0.891. The van der Waals surface area contributed by atoms with Gasteiger partial charge < -0.3 is 10.5 Å². The van der Waals surface area contributed by atoms with Gasteiger partial charge >= 0.3 is 6.09 Å². The molecule has 1 heterocycles. The summed E-state index contributed by atoms with van der Waals surface area (Å²) in [5, 5.41) is 1.24. The average Bonchev–Trinajstić information content (AvgIpc) is 2.71. The molecule has 0 aliphatic heterocycles. The van der Waals surface area contributed by atoms with Crippen molar-refractivity contribution in [3.8, 4) is 16.5 Å². The predicted octanol–water partition coefficient (Wildman–Crippen LogP) is 4.87. The van der Waals surface area contributed by atoms with Crippen LogP contribution >= 0.6 is 34.5 Å². The standard InChI is InChI=1S/C14H14Cl2N2O2S/c1-14(2,3)11-10(18-13(21-11)20-12(17)19)8-5-4-7(15)6-9(8)16/h4-6H,1-3H3,(H2,17,19). The second kappa shape index (κ2) is 5.83. The lowest BCUT2D eigenvalue weighted by Crippen LogP contribution is -2.15. The third-order valence-electron chi connectivity index (χ3n) is 2.66. The van der Waals surface area contributed by atoms with Gasteiger partial charge in [0, 0.05) is 15.5 Å². The van der Waals surface area contributed by atoms with Crippen LogP contribution in [0.2, 0.25) is 10.0 Å². The average molecular weight is 345 g/mol. The number of nitrogens with zero attached hydrogens (tertiary/aromatic N) is 1. The van der Waals surface area contributed by atoms with Gasteiger partial charge in [0.25, 0.3) is 5.19 Å². The first-order valence-electron chi connectivity index (χ1n) is 6.12. The van der Waals surface area contributed by atoms with Crippen molar-refractivity contribution < 1.29 is 9.53 Å². The topological polar surface area (TPSA) is 65.2 Å². The van der Waals surface area contributed by atoms with Crippen LogP contribution in [0.25, 0.3) is 11.3 Å². The van der Waals surface area contributed by atoms with E-state index in [0.29, 0.717) is 15.7 Å². The van der Waals surface area contributed by atoms with E-state index < -0.39 is 6.09 Å². The van der Waals surface area contributed by atoms with E-state index in [0.717, 1.165) is 10.4 Å². The fourth-order valence-corrected chi connectivity index (χ4v) is 3.29. The molecule has 4 nitrogen and oxygen atoms in total. The Morgan fingerprint density at radius 2 is 2.00 bits per heavy atom. The maximum atomic E-state index is 10.9. The fourth-order valence-electron chi connectivity index (χ4n) is 1.80. The molecule has 2 N–H and O–H groups in total. The summed E-state index contributed by atoms with van der Waals surface area (Å²) in [7, 11) is 0. The second-order valence-electron chi connectivity index (χ2n) is 5.45. The molecule has 1 amide bonds. The molecule has 0 spiro atoms. The van der Waals surface area contributed by atoms with Crippen molar-refractivity contribution in [3.05, 3.63) is 33.1 Å². The number of carbonyl (C=O) groups excluding carboxylic acids is 1. The molecule has 21 heavy (non-hydrogen) atoms. The van der Waals surface area contributed by atoms with E-state index in [1.54, 1.807) is 18.2 Å². The maximum absolute atomic E-state index is 10.9. The summed E-state index contributed by atoms with van der Waals surface area (Å²) in [5.74, 6) is 0. The molecule has 0 unspecified atom stereocenters. The number of hydrogen-bond acceptors (Lipinski definition) is 4. The van der Waals surface area contributed by atoms with E-state index >= 15 is 0 Å². The molecule has 0 bridgehead atoms. The number of hydrogen-bond donors (Lipinski definition) is 1. The quantitative estimate of drug-likeness (QED) is 0.844. The number of carbonyl (C=O) groups is 1. The van der Waals surface area contributed by atoms with E-state index in [1.807, 2.05) is 20.8 Å². The lowest BCUT2D eigenvalue weighted by molar-refractivity contribution is 0.210. The van der Waals surface area contributed by atoms with E-state index in [1.165, 1.54) is 11.3 Å². The first-order chi connectivity index (χ1) is 9.68. The highest BCUT2D eigenvalue weighted by molar-refractivity contribution is 7.14. The molecule has 0 atom stereocenters. The fraction of sp³-hybridized carbons (Fsp3) is 0.286. The zero-order valence-electron chi connectivity index (χ0n) is 11.7. The molecule has 1 aromatic carbocycles. The first-order valence-corrected chi connectivity index (χ1v) is 7.69. The summed E-state index contributed by atoms with van der Waals surface area (Å²) in [5.41, 5.74) is 6.27. The molecular weight excluding hydrogens is 331 g/mol. The Morgan fingerprint density at radius 3 is 2.52 bits per heavy atom. The molecule has 0 saturated carbocycles. The SMILES string of the molecule is CC(C)(C)c1sc(OC(N)=O)nc1-c1ccc(Cl)cc1Cl. The Morgan fingerprint density at radius 1 is 1.33 bits per heavy atom. The molecule has 0 aliphatic rings. The Bertz CT molecular complexity index is 693. The first kappa shape index (κ1) is 16.1. The molecule has 1 aromatic heterocycles. The zero-order chi connectivity index (χ0) is 15.8. The van der Waals surface area contributed by atoms with Crippen molar-refractivity contribution in [2.24, 2.45) is 5.73 Å². The van der Waals surface area contributed by atoms with E-state index in [2.05, 4.69) is 4.98 Å². The highest BCUT2D eigenvalue weighted by Crippen LogP contribution is 2.42. The summed E-state index contributed by atoms with van der Waals surface area (Å²) in [6.45, 7) is 6.13. The van der Waals surface area contributed by atoms with Crippen LogP contribution in [0.1, 0.15) is 25.6 Å². The highest BCUT2D eigenvalue weighted by atomic mass is 35.5. The molecule has 2 rings (SSSR count). The van der Waals surface area contributed by atoms with Gasteiger partial charge in [-0.2, -0.15) is 0 Å². The third-order valence-corrected chi connectivity index (χ3v) is 4.57. The van der Waals surface area contributed by atoms with Gasteiger partial charge in [-0.05, 0) is 23.6 Å². The molecule has 0 saturated heterocycles. The summed E-state index contributed by atoms with van der Waals surface area (Å²) in [4.78, 5) is 16.2. The number of halogens is 2. The smallest absolute Gasteiger partial charge is 0.381 e. The van der Waals surface area contributed by atoms with Crippen molar-refractivity contribution >= 4 is 40.6 Å². The van der Waals surface area contributed by atoms with E-state index in [9.17, 15) is 4.79 Å². The van der Waals surface area contributed by atoms with Crippen molar-refractivity contribution in [2.75, 3.05) is 0 Å². The van der Waals surface area contributed by atoms with Gasteiger partial charge in [-0.3, -0.25) is 0 Å². The minimum Gasteiger partial charge on any atom is -0.381 e. The van der Waals surface area contributed by atoms with Crippen LogP contribution < -0.4 is 10.5 Å². The summed E-state index contributed by atoms with van der Waals surface area (Å²) < 4.78 is 4.89. The number of rotatable bonds is 2. The Hall–Kier alpha value is -1.30. The van der Waals surface area contributed by atoms with Crippen molar-refractivity contribution in [1.82, 2.24) is 4.98 Å². The lowest BCUT2D eigenvalue weighted by atomic mass is 9.91. The highest BCUT2D eigenvalue weighted by Gasteiger charge is 2.26. The number of nitrogens with two attached hydrogens (primary N) is 1. The van der Waals surface area contributed by atoms with Crippen LogP contribution in [-0.4, -0.2) is 11.1 Å². The van der Waals surface area contributed by atoms with Crippen LogP contribution in [0.4, 0.5) is 4.79 Å². The number of benzene rings is 1. The molecule has 0 fully saturated rings. The number of amides is 1. The Balaban J connectivity index is 2.60. The maximum Gasteiger partial charge on any atom is 0.411 e. The van der Waals surface area contributed by atoms with E-state index in [4.69, 9.17) is 33.7 Å². The number of ether oxygens (including phenoxy) is 1. The predicted molar refractivity (Wildman–Crippen MR) is 86.5 cm³/mol. The van der Waals surface area contributed by atoms with Crippen molar-refractivity contribution in [1.29, 1.82) is 0 Å². The molecule has 0 radical (unpaired) electrons. The van der Waals surface area contributed by atoms with Gasteiger partial charge in [-0.25, -0.2) is 9.78 Å². The number of aromatic nitrogens is 1. The normalized spacial score (nSPS) is 11.5. The summed E-state index contributed by atoms with van der Waals surface area (Å²) >= 11 is 13.4. The molecule has 2 aromatic rings. The molecule has 0 aliphatic carbocycles. The molecule has 112 valence electrons.